The maximum Gasteiger partial charge on any atom is 0.244 e. The standard InChI is InChI=1S/C16H20N2O/c17-16(7-8-16)15(19)18-14-12-5-1-3-10(12)9-11-4-2-6-13(11)14/h9H,1-8,17H2,(H,18,19). The minimum atomic E-state index is -0.577. The molecule has 0 heterocycles. The van der Waals surface area contributed by atoms with Gasteiger partial charge in [0.2, 0.25) is 5.91 Å². The summed E-state index contributed by atoms with van der Waals surface area (Å²) in [6, 6.07) is 2.38. The lowest BCUT2D eigenvalue weighted by atomic mass is 9.98. The molecule has 0 aromatic heterocycles. The highest BCUT2D eigenvalue weighted by molar-refractivity contribution is 6.01. The third kappa shape index (κ3) is 1.71. The number of benzene rings is 1. The second kappa shape index (κ2) is 3.83. The van der Waals surface area contributed by atoms with E-state index < -0.39 is 5.54 Å². The number of anilines is 1. The van der Waals surface area contributed by atoms with Gasteiger partial charge in [0.15, 0.2) is 0 Å². The van der Waals surface area contributed by atoms with Crippen molar-refractivity contribution in [3.05, 3.63) is 28.3 Å². The van der Waals surface area contributed by atoms with E-state index in [1.807, 2.05) is 0 Å². The lowest BCUT2D eigenvalue weighted by molar-refractivity contribution is -0.118. The van der Waals surface area contributed by atoms with Crippen molar-refractivity contribution < 1.29 is 4.79 Å². The zero-order chi connectivity index (χ0) is 13.0. The molecule has 4 rings (SSSR count). The smallest absolute Gasteiger partial charge is 0.244 e. The summed E-state index contributed by atoms with van der Waals surface area (Å²) in [6.07, 6.45) is 8.64. The van der Waals surface area contributed by atoms with Gasteiger partial charge in [-0.15, -0.1) is 0 Å². The summed E-state index contributed by atoms with van der Waals surface area (Å²) in [5.41, 5.74) is 12.3. The Balaban J connectivity index is 1.76. The number of nitrogens with two attached hydrogens (primary N) is 1. The van der Waals surface area contributed by atoms with Crippen LogP contribution >= 0.6 is 0 Å². The van der Waals surface area contributed by atoms with E-state index >= 15 is 0 Å². The van der Waals surface area contributed by atoms with Crippen LogP contribution in [0.1, 0.15) is 47.9 Å². The average molecular weight is 256 g/mol. The largest absolute Gasteiger partial charge is 0.324 e. The van der Waals surface area contributed by atoms with Crippen molar-refractivity contribution in [1.29, 1.82) is 0 Å². The third-order valence-corrected chi connectivity index (χ3v) is 4.95. The fraction of sp³-hybridized carbons (Fsp3) is 0.562. The summed E-state index contributed by atoms with van der Waals surface area (Å²) < 4.78 is 0. The van der Waals surface area contributed by atoms with Crippen molar-refractivity contribution in [1.82, 2.24) is 0 Å². The Kier molecular flexibility index (Phi) is 2.31. The SMILES string of the molecule is NC1(C(=O)Nc2c3c(cc4c2CCC4)CCC3)CC1. The second-order valence-electron chi connectivity index (χ2n) is 6.34. The van der Waals surface area contributed by atoms with E-state index in [1.54, 1.807) is 0 Å². The third-order valence-electron chi connectivity index (χ3n) is 4.95. The number of carbonyl (C=O) groups excluding carboxylic acids is 1. The number of aryl methyl sites for hydroxylation is 2. The molecule has 100 valence electrons. The van der Waals surface area contributed by atoms with E-state index in [1.165, 1.54) is 47.9 Å². The Bertz CT molecular complexity index is 540. The number of hydrogen-bond donors (Lipinski definition) is 2. The highest BCUT2D eigenvalue weighted by atomic mass is 16.2. The molecule has 0 radical (unpaired) electrons. The summed E-state index contributed by atoms with van der Waals surface area (Å²) >= 11 is 0. The minimum absolute atomic E-state index is 0.0295. The van der Waals surface area contributed by atoms with Crippen molar-refractivity contribution in [2.45, 2.75) is 56.9 Å². The van der Waals surface area contributed by atoms with Gasteiger partial charge in [-0.1, -0.05) is 6.07 Å². The zero-order valence-corrected chi connectivity index (χ0v) is 11.2. The fourth-order valence-corrected chi connectivity index (χ4v) is 3.57. The van der Waals surface area contributed by atoms with Crippen LogP contribution in [-0.2, 0) is 30.5 Å². The van der Waals surface area contributed by atoms with Crippen LogP contribution in [-0.4, -0.2) is 11.4 Å². The topological polar surface area (TPSA) is 55.1 Å². The van der Waals surface area contributed by atoms with Crippen molar-refractivity contribution in [3.63, 3.8) is 0 Å². The van der Waals surface area contributed by atoms with Crippen LogP contribution in [0, 0.1) is 0 Å². The van der Waals surface area contributed by atoms with Gasteiger partial charge in [0.1, 0.15) is 0 Å². The molecule has 0 atom stereocenters. The maximum absolute atomic E-state index is 12.3. The van der Waals surface area contributed by atoms with Gasteiger partial charge in [0, 0.05) is 5.69 Å². The molecular weight excluding hydrogens is 236 g/mol. The molecule has 1 aromatic rings. The molecule has 1 amide bonds. The lowest BCUT2D eigenvalue weighted by Gasteiger charge is -2.18. The van der Waals surface area contributed by atoms with Crippen LogP contribution in [0.4, 0.5) is 5.69 Å². The van der Waals surface area contributed by atoms with Crippen molar-refractivity contribution >= 4 is 11.6 Å². The molecule has 3 aliphatic rings. The molecule has 0 bridgehead atoms. The van der Waals surface area contributed by atoms with Gasteiger partial charge in [0.05, 0.1) is 5.54 Å². The summed E-state index contributed by atoms with van der Waals surface area (Å²) in [6.45, 7) is 0. The van der Waals surface area contributed by atoms with Gasteiger partial charge in [-0.2, -0.15) is 0 Å². The summed E-state index contributed by atoms with van der Waals surface area (Å²) in [7, 11) is 0. The number of rotatable bonds is 2. The predicted octanol–water partition coefficient (Wildman–Crippen LogP) is 2.09. The van der Waals surface area contributed by atoms with Gasteiger partial charge in [-0.25, -0.2) is 0 Å². The number of hydrogen-bond acceptors (Lipinski definition) is 2. The zero-order valence-electron chi connectivity index (χ0n) is 11.2. The first kappa shape index (κ1) is 11.5. The molecule has 3 aliphatic carbocycles. The quantitative estimate of drug-likeness (QED) is 0.851. The maximum atomic E-state index is 12.3. The minimum Gasteiger partial charge on any atom is -0.324 e. The molecule has 0 unspecified atom stereocenters. The summed E-state index contributed by atoms with van der Waals surface area (Å²) in [5, 5.41) is 3.18. The normalized spacial score (nSPS) is 21.9. The molecular formula is C16H20N2O. The van der Waals surface area contributed by atoms with Gasteiger partial charge >= 0.3 is 0 Å². The van der Waals surface area contributed by atoms with E-state index in [4.69, 9.17) is 5.73 Å². The van der Waals surface area contributed by atoms with Crippen molar-refractivity contribution in [2.75, 3.05) is 5.32 Å². The van der Waals surface area contributed by atoms with Crippen LogP contribution in [0.15, 0.2) is 6.07 Å². The fourth-order valence-electron chi connectivity index (χ4n) is 3.57. The Labute approximate surface area is 113 Å². The molecule has 1 aromatic carbocycles. The van der Waals surface area contributed by atoms with E-state index in [0.717, 1.165) is 31.4 Å². The lowest BCUT2D eigenvalue weighted by Crippen LogP contribution is -2.38. The van der Waals surface area contributed by atoms with Crippen molar-refractivity contribution in [3.8, 4) is 0 Å². The molecule has 1 saturated carbocycles. The monoisotopic (exact) mass is 256 g/mol. The highest BCUT2D eigenvalue weighted by Crippen LogP contribution is 2.40. The molecule has 3 N–H and O–H groups in total. The molecule has 3 heteroatoms. The molecule has 19 heavy (non-hydrogen) atoms. The van der Waals surface area contributed by atoms with Gasteiger partial charge < -0.3 is 11.1 Å². The van der Waals surface area contributed by atoms with Crippen molar-refractivity contribution in [2.24, 2.45) is 5.73 Å². The Morgan fingerprint density at radius 1 is 1.05 bits per heavy atom. The van der Waals surface area contributed by atoms with E-state index in [0.29, 0.717) is 0 Å². The van der Waals surface area contributed by atoms with Gasteiger partial charge in [-0.3, -0.25) is 4.79 Å². The Morgan fingerprint density at radius 2 is 1.63 bits per heavy atom. The van der Waals surface area contributed by atoms with Gasteiger partial charge in [0.25, 0.3) is 0 Å². The van der Waals surface area contributed by atoms with E-state index in [9.17, 15) is 4.79 Å². The molecule has 1 fully saturated rings. The molecule has 0 spiro atoms. The molecule has 0 saturated heterocycles. The van der Waals surface area contributed by atoms with Crippen LogP contribution in [0.25, 0.3) is 0 Å². The number of carbonyl (C=O) groups is 1. The van der Waals surface area contributed by atoms with Crippen LogP contribution in [0.2, 0.25) is 0 Å². The predicted molar refractivity (Wildman–Crippen MR) is 75.3 cm³/mol. The average Bonchev–Trinajstić information content (AvgIpc) is 2.82. The first-order valence-corrected chi connectivity index (χ1v) is 7.44. The Hall–Kier alpha value is -1.35. The second-order valence-corrected chi connectivity index (χ2v) is 6.34. The van der Waals surface area contributed by atoms with Crippen LogP contribution in [0.5, 0.6) is 0 Å². The van der Waals surface area contributed by atoms with E-state index in [2.05, 4.69) is 11.4 Å². The Morgan fingerprint density at radius 3 is 2.16 bits per heavy atom. The summed E-state index contributed by atoms with van der Waals surface area (Å²) in [5.74, 6) is 0.0295. The first-order valence-electron chi connectivity index (χ1n) is 7.44. The van der Waals surface area contributed by atoms with Crippen LogP contribution in [0.3, 0.4) is 0 Å². The number of amides is 1. The highest BCUT2D eigenvalue weighted by Gasteiger charge is 2.46. The van der Waals surface area contributed by atoms with E-state index in [-0.39, 0.29) is 5.91 Å². The first-order chi connectivity index (χ1) is 9.17. The van der Waals surface area contributed by atoms with Crippen LogP contribution < -0.4 is 11.1 Å². The van der Waals surface area contributed by atoms with Gasteiger partial charge in [-0.05, 0) is 73.6 Å². The number of nitrogens with one attached hydrogen (secondary N) is 1. The molecule has 0 aliphatic heterocycles. The molecule has 3 nitrogen and oxygen atoms in total. The number of fused-ring (bicyclic) bond motifs is 2. The summed E-state index contributed by atoms with van der Waals surface area (Å²) in [4.78, 5) is 12.3.